The first-order valence-corrected chi connectivity index (χ1v) is 12.8. The van der Waals surface area contributed by atoms with Gasteiger partial charge in [-0.15, -0.1) is 0 Å². The summed E-state index contributed by atoms with van der Waals surface area (Å²) >= 11 is 0. The maximum Gasteiger partial charge on any atom is 0.251 e. The van der Waals surface area contributed by atoms with Gasteiger partial charge in [0.1, 0.15) is 0 Å². The van der Waals surface area contributed by atoms with Crippen molar-refractivity contribution in [2.24, 2.45) is 13.0 Å². The fraction of sp³-hybridized carbons (Fsp3) is 0.593. The minimum absolute atomic E-state index is 0.00450. The molecule has 1 saturated carbocycles. The van der Waals surface area contributed by atoms with Crippen LogP contribution in [0.1, 0.15) is 61.5 Å². The third-order valence-corrected chi connectivity index (χ3v) is 7.48. The molecule has 0 atom stereocenters. The van der Waals surface area contributed by atoms with Gasteiger partial charge in [0, 0.05) is 61.7 Å². The Bertz CT molecular complexity index is 1040. The number of nitrogens with zero attached hydrogens (tertiary/aromatic N) is 4. The number of nitrogens with one attached hydrogen (secondary N) is 1. The van der Waals surface area contributed by atoms with Crippen LogP contribution in [0.5, 0.6) is 5.88 Å². The Morgan fingerprint density at radius 1 is 1.23 bits per heavy atom. The lowest BCUT2D eigenvalue weighted by Crippen LogP contribution is -2.38. The fourth-order valence-electron chi connectivity index (χ4n) is 5.47. The number of aryl methyl sites for hydroxylation is 2. The molecule has 1 amide bonds. The average Bonchev–Trinajstić information content (AvgIpc) is 3.05. The van der Waals surface area contributed by atoms with Gasteiger partial charge in [-0.05, 0) is 70.4 Å². The average molecular weight is 484 g/mol. The Balaban J connectivity index is 1.20. The lowest BCUT2D eigenvalue weighted by molar-refractivity contribution is -0.116. The van der Waals surface area contributed by atoms with Crippen LogP contribution in [0.15, 0.2) is 24.4 Å². The number of fused-ring (bicyclic) bond motifs is 1. The standard InChI is InChI=1S/C27H38FN5O2/c1-4-23(24-17-32(3)31-19(24)2)27(34)29-22-8-5-20(6-9-22)11-14-33-15-12-21-7-10-26(35-18-28)30-25(21)13-16-33/h4,7,10,17,20,22H,5-6,8-9,11-16,18H2,1-3H3,(H,29,34)/b23-4+. The fourth-order valence-corrected chi connectivity index (χ4v) is 5.47. The van der Waals surface area contributed by atoms with Gasteiger partial charge in [-0.25, -0.2) is 9.37 Å². The molecule has 8 heteroatoms. The summed E-state index contributed by atoms with van der Waals surface area (Å²) in [6.45, 7) is 6.10. The molecule has 0 spiro atoms. The molecule has 2 aliphatic rings. The van der Waals surface area contributed by atoms with Gasteiger partial charge in [0.05, 0.1) is 5.69 Å². The van der Waals surface area contributed by atoms with E-state index in [1.165, 1.54) is 12.0 Å². The van der Waals surface area contributed by atoms with Crippen LogP contribution < -0.4 is 10.1 Å². The summed E-state index contributed by atoms with van der Waals surface area (Å²) in [5.41, 5.74) is 4.77. The molecule has 1 aliphatic carbocycles. The Morgan fingerprint density at radius 3 is 2.69 bits per heavy atom. The first-order chi connectivity index (χ1) is 17.0. The van der Waals surface area contributed by atoms with Crippen LogP contribution >= 0.6 is 0 Å². The molecule has 3 heterocycles. The number of carbonyl (C=O) groups excluding carboxylic acids is 1. The van der Waals surface area contributed by atoms with Gasteiger partial charge in [-0.3, -0.25) is 9.48 Å². The third-order valence-electron chi connectivity index (χ3n) is 7.48. The van der Waals surface area contributed by atoms with Crippen LogP contribution in [0, 0.1) is 12.8 Å². The molecule has 190 valence electrons. The molecule has 0 aromatic carbocycles. The van der Waals surface area contributed by atoms with Crippen LogP contribution in [-0.4, -0.2) is 58.1 Å². The highest BCUT2D eigenvalue weighted by atomic mass is 19.1. The van der Waals surface area contributed by atoms with Crippen LogP contribution in [0.3, 0.4) is 0 Å². The number of carbonyl (C=O) groups is 1. The Morgan fingerprint density at radius 2 is 2.00 bits per heavy atom. The highest BCUT2D eigenvalue weighted by Gasteiger charge is 2.25. The molecular weight excluding hydrogens is 445 g/mol. The van der Waals surface area contributed by atoms with Gasteiger partial charge >= 0.3 is 0 Å². The van der Waals surface area contributed by atoms with Crippen molar-refractivity contribution in [3.05, 3.63) is 46.9 Å². The summed E-state index contributed by atoms with van der Waals surface area (Å²) < 4.78 is 19.1. The highest BCUT2D eigenvalue weighted by Crippen LogP contribution is 2.28. The normalized spacial score (nSPS) is 21.3. The van der Waals surface area contributed by atoms with E-state index in [0.717, 1.165) is 75.1 Å². The topological polar surface area (TPSA) is 72.3 Å². The summed E-state index contributed by atoms with van der Waals surface area (Å²) in [6.07, 6.45) is 11.2. The second-order valence-corrected chi connectivity index (χ2v) is 9.83. The number of halogens is 1. The van der Waals surface area contributed by atoms with E-state index in [1.807, 2.05) is 39.2 Å². The van der Waals surface area contributed by atoms with Gasteiger partial charge < -0.3 is 15.0 Å². The maximum absolute atomic E-state index is 12.9. The van der Waals surface area contributed by atoms with E-state index < -0.39 is 6.86 Å². The minimum atomic E-state index is -0.843. The van der Waals surface area contributed by atoms with Gasteiger partial charge in [0.25, 0.3) is 5.91 Å². The van der Waals surface area contributed by atoms with E-state index in [2.05, 4.69) is 20.3 Å². The van der Waals surface area contributed by atoms with Crippen molar-refractivity contribution in [3.63, 3.8) is 0 Å². The van der Waals surface area contributed by atoms with Gasteiger partial charge in [-0.2, -0.15) is 5.10 Å². The van der Waals surface area contributed by atoms with Crippen molar-refractivity contribution in [2.75, 3.05) is 26.5 Å². The number of pyridine rings is 1. The Hall–Kier alpha value is -2.74. The van der Waals surface area contributed by atoms with Crippen LogP contribution in [0.2, 0.25) is 0 Å². The molecular formula is C27H38FN5O2. The van der Waals surface area contributed by atoms with Crippen molar-refractivity contribution in [1.29, 1.82) is 0 Å². The molecule has 1 aliphatic heterocycles. The molecule has 1 fully saturated rings. The molecule has 2 aromatic heterocycles. The van der Waals surface area contributed by atoms with Gasteiger partial charge in [0.2, 0.25) is 12.7 Å². The first-order valence-electron chi connectivity index (χ1n) is 12.8. The van der Waals surface area contributed by atoms with Crippen molar-refractivity contribution >= 4 is 11.5 Å². The molecule has 0 saturated heterocycles. The second kappa shape index (κ2) is 11.8. The quantitative estimate of drug-likeness (QED) is 0.575. The van der Waals surface area contributed by atoms with Gasteiger partial charge in [0.15, 0.2) is 0 Å². The first kappa shape index (κ1) is 25.4. The predicted octanol–water partition coefficient (Wildman–Crippen LogP) is 4.00. The number of ether oxygens (including phenoxy) is 1. The molecule has 7 nitrogen and oxygen atoms in total. The lowest BCUT2D eigenvalue weighted by Gasteiger charge is -2.31. The van der Waals surface area contributed by atoms with E-state index >= 15 is 0 Å². The zero-order valence-corrected chi connectivity index (χ0v) is 21.2. The predicted molar refractivity (Wildman–Crippen MR) is 135 cm³/mol. The lowest BCUT2D eigenvalue weighted by atomic mass is 9.84. The van der Waals surface area contributed by atoms with Crippen molar-refractivity contribution in [2.45, 2.75) is 64.8 Å². The maximum atomic E-state index is 12.9. The molecule has 0 radical (unpaired) electrons. The van der Waals surface area contributed by atoms with E-state index in [-0.39, 0.29) is 11.9 Å². The summed E-state index contributed by atoms with van der Waals surface area (Å²) in [5, 5.41) is 7.64. The Labute approximate surface area is 207 Å². The monoisotopic (exact) mass is 483 g/mol. The largest absolute Gasteiger partial charge is 0.446 e. The Kier molecular flexibility index (Phi) is 8.55. The van der Waals surface area contributed by atoms with E-state index in [0.29, 0.717) is 17.4 Å². The molecule has 0 unspecified atom stereocenters. The summed E-state index contributed by atoms with van der Waals surface area (Å²) in [5.74, 6) is 1.09. The van der Waals surface area contributed by atoms with E-state index in [9.17, 15) is 9.18 Å². The number of alkyl halides is 1. The SMILES string of the molecule is C/C=C(/C(=O)NC1CCC(CCN2CCc3ccc(OCF)nc3CC2)CC1)c1cn(C)nc1C. The summed E-state index contributed by atoms with van der Waals surface area (Å²) in [7, 11) is 1.88. The summed E-state index contributed by atoms with van der Waals surface area (Å²) in [6, 6.07) is 4.04. The third kappa shape index (κ3) is 6.48. The van der Waals surface area contributed by atoms with Gasteiger partial charge in [-0.1, -0.05) is 12.1 Å². The van der Waals surface area contributed by atoms with Crippen molar-refractivity contribution in [3.8, 4) is 5.88 Å². The zero-order valence-electron chi connectivity index (χ0n) is 21.2. The number of rotatable bonds is 8. The number of aromatic nitrogens is 3. The molecule has 2 aromatic rings. The van der Waals surface area contributed by atoms with E-state index in [4.69, 9.17) is 4.74 Å². The molecule has 35 heavy (non-hydrogen) atoms. The van der Waals surface area contributed by atoms with Crippen LogP contribution in [-0.2, 0) is 24.7 Å². The number of allylic oxidation sites excluding steroid dienone is 1. The number of hydrogen-bond donors (Lipinski definition) is 1. The molecule has 0 bridgehead atoms. The van der Waals surface area contributed by atoms with Crippen LogP contribution in [0.4, 0.5) is 4.39 Å². The smallest absolute Gasteiger partial charge is 0.251 e. The second-order valence-electron chi connectivity index (χ2n) is 9.83. The van der Waals surface area contributed by atoms with Crippen LogP contribution in [0.25, 0.3) is 5.57 Å². The summed E-state index contributed by atoms with van der Waals surface area (Å²) in [4.78, 5) is 20.0. The zero-order chi connectivity index (χ0) is 24.8. The molecule has 1 N–H and O–H groups in total. The van der Waals surface area contributed by atoms with Crippen molar-refractivity contribution in [1.82, 2.24) is 25.0 Å². The number of amides is 1. The highest BCUT2D eigenvalue weighted by molar-refractivity contribution is 6.19. The van der Waals surface area contributed by atoms with E-state index in [1.54, 1.807) is 10.7 Å². The van der Waals surface area contributed by atoms with Crippen molar-refractivity contribution < 1.29 is 13.9 Å². The number of hydrogen-bond acceptors (Lipinski definition) is 5. The minimum Gasteiger partial charge on any atom is -0.446 e. The molecule has 4 rings (SSSR count).